The van der Waals surface area contributed by atoms with Gasteiger partial charge in [0, 0.05) is 19.7 Å². The van der Waals surface area contributed by atoms with E-state index in [1.165, 1.54) is 6.20 Å². The average molecular weight is 240 g/mol. The lowest BCUT2D eigenvalue weighted by Gasteiger charge is -2.13. The van der Waals surface area contributed by atoms with Gasteiger partial charge in [0.2, 0.25) is 0 Å². The summed E-state index contributed by atoms with van der Waals surface area (Å²) in [7, 11) is 0. The molecule has 6 nitrogen and oxygen atoms in total. The molecule has 0 saturated carbocycles. The Kier molecular flexibility index (Phi) is 4.96. The van der Waals surface area contributed by atoms with Gasteiger partial charge in [0.15, 0.2) is 0 Å². The zero-order valence-electron chi connectivity index (χ0n) is 10.6. The summed E-state index contributed by atoms with van der Waals surface area (Å²) in [6.45, 7) is 7.44. The molecule has 0 spiro atoms. The monoisotopic (exact) mass is 240 g/mol. The lowest BCUT2D eigenvalue weighted by molar-refractivity contribution is 0.0691. The zero-order valence-corrected chi connectivity index (χ0v) is 10.6. The van der Waals surface area contributed by atoms with Crippen LogP contribution in [0.4, 0.5) is 5.69 Å². The number of nitrogen functional groups attached to an aromatic ring is 1. The summed E-state index contributed by atoms with van der Waals surface area (Å²) in [6.07, 6.45) is 1.48. The highest BCUT2D eigenvalue weighted by atomic mass is 16.5. The number of carbonyl (C=O) groups excluding carboxylic acids is 1. The minimum Gasteiger partial charge on any atom is -0.396 e. The number of aromatic nitrogens is 2. The predicted octanol–water partition coefficient (Wildman–Crippen LogP) is 0.640. The Balaban J connectivity index is 2.60. The second kappa shape index (κ2) is 6.24. The van der Waals surface area contributed by atoms with Gasteiger partial charge in [-0.25, -0.2) is 0 Å². The number of carbonyl (C=O) groups is 1. The molecule has 0 aliphatic rings. The summed E-state index contributed by atoms with van der Waals surface area (Å²) in [5, 5.41) is 6.80. The van der Waals surface area contributed by atoms with Crippen LogP contribution in [0.15, 0.2) is 6.20 Å². The van der Waals surface area contributed by atoms with Gasteiger partial charge in [0.1, 0.15) is 5.69 Å². The first kappa shape index (κ1) is 13.5. The van der Waals surface area contributed by atoms with E-state index in [0.717, 1.165) is 0 Å². The molecule has 0 bridgehead atoms. The maximum absolute atomic E-state index is 11.9. The maximum Gasteiger partial charge on any atom is 0.271 e. The molecule has 17 heavy (non-hydrogen) atoms. The lowest BCUT2D eigenvalue weighted by Crippen LogP contribution is -2.33. The quantitative estimate of drug-likeness (QED) is 0.764. The second-order valence-corrected chi connectivity index (χ2v) is 3.74. The summed E-state index contributed by atoms with van der Waals surface area (Å²) in [4.78, 5) is 11.9. The highest BCUT2D eigenvalue weighted by Crippen LogP contribution is 2.10. The van der Waals surface area contributed by atoms with Crippen molar-refractivity contribution in [3.8, 4) is 0 Å². The Hall–Kier alpha value is -1.56. The van der Waals surface area contributed by atoms with E-state index in [1.54, 1.807) is 4.68 Å². The normalized spacial score (nSPS) is 12.4. The molecule has 3 N–H and O–H groups in total. The van der Waals surface area contributed by atoms with Gasteiger partial charge in [-0.3, -0.25) is 9.48 Å². The summed E-state index contributed by atoms with van der Waals surface area (Å²) < 4.78 is 6.91. The number of ether oxygens (including phenoxy) is 1. The first-order valence-electron chi connectivity index (χ1n) is 5.81. The molecule has 1 aromatic rings. The lowest BCUT2D eigenvalue weighted by atomic mass is 10.3. The molecule has 0 aromatic carbocycles. The fraction of sp³-hybridized carbons (Fsp3) is 0.636. The molecule has 0 saturated heterocycles. The molecular weight excluding hydrogens is 220 g/mol. The van der Waals surface area contributed by atoms with Crippen molar-refractivity contribution in [2.45, 2.75) is 33.4 Å². The van der Waals surface area contributed by atoms with Gasteiger partial charge in [-0.05, 0) is 20.8 Å². The van der Waals surface area contributed by atoms with Crippen molar-refractivity contribution in [3.63, 3.8) is 0 Å². The fourth-order valence-corrected chi connectivity index (χ4v) is 1.55. The Labute approximate surface area is 101 Å². The number of nitrogens with one attached hydrogen (secondary N) is 1. The molecule has 1 atom stereocenters. The SMILES string of the molecule is CCOC(C)CNC(=O)c1c(N)cnn1CC. The topological polar surface area (TPSA) is 82.2 Å². The third-order valence-electron chi connectivity index (χ3n) is 2.38. The molecular formula is C11H20N4O2. The highest BCUT2D eigenvalue weighted by molar-refractivity contribution is 5.97. The van der Waals surface area contributed by atoms with Crippen LogP contribution in [0, 0.1) is 0 Å². The second-order valence-electron chi connectivity index (χ2n) is 3.74. The molecule has 1 unspecified atom stereocenters. The van der Waals surface area contributed by atoms with Crippen LogP contribution < -0.4 is 11.1 Å². The number of amides is 1. The Morgan fingerprint density at radius 1 is 1.65 bits per heavy atom. The maximum atomic E-state index is 11.9. The van der Waals surface area contributed by atoms with Gasteiger partial charge in [-0.15, -0.1) is 0 Å². The van der Waals surface area contributed by atoms with Gasteiger partial charge >= 0.3 is 0 Å². The Morgan fingerprint density at radius 2 is 2.35 bits per heavy atom. The van der Waals surface area contributed by atoms with Gasteiger partial charge in [-0.1, -0.05) is 0 Å². The number of nitrogens with two attached hydrogens (primary N) is 1. The summed E-state index contributed by atoms with van der Waals surface area (Å²) >= 11 is 0. The number of rotatable bonds is 6. The van der Waals surface area contributed by atoms with Crippen LogP contribution in [-0.2, 0) is 11.3 Å². The number of nitrogens with zero attached hydrogens (tertiary/aromatic N) is 2. The molecule has 0 radical (unpaired) electrons. The number of hydrogen-bond donors (Lipinski definition) is 2. The van der Waals surface area contributed by atoms with E-state index < -0.39 is 0 Å². The van der Waals surface area contributed by atoms with Gasteiger partial charge < -0.3 is 15.8 Å². The van der Waals surface area contributed by atoms with Gasteiger partial charge in [0.05, 0.1) is 18.0 Å². The Morgan fingerprint density at radius 3 is 2.94 bits per heavy atom. The average Bonchev–Trinajstić information content (AvgIpc) is 2.68. The molecule has 0 aliphatic heterocycles. The van der Waals surface area contributed by atoms with Crippen LogP contribution in [-0.4, -0.2) is 34.9 Å². The standard InChI is InChI=1S/C11H20N4O2/c1-4-15-10(9(12)7-14-15)11(16)13-6-8(3)17-5-2/h7-8H,4-6,12H2,1-3H3,(H,13,16). The molecule has 1 heterocycles. The smallest absolute Gasteiger partial charge is 0.271 e. The minimum atomic E-state index is -0.214. The summed E-state index contributed by atoms with van der Waals surface area (Å²) in [5.74, 6) is -0.214. The van der Waals surface area contributed by atoms with Crippen LogP contribution in [0.1, 0.15) is 31.3 Å². The van der Waals surface area contributed by atoms with E-state index in [4.69, 9.17) is 10.5 Å². The van der Waals surface area contributed by atoms with Crippen LogP contribution in [0.3, 0.4) is 0 Å². The number of hydrogen-bond acceptors (Lipinski definition) is 4. The van der Waals surface area contributed by atoms with Gasteiger partial charge in [0.25, 0.3) is 5.91 Å². The van der Waals surface area contributed by atoms with E-state index in [2.05, 4.69) is 10.4 Å². The van der Waals surface area contributed by atoms with Crippen molar-refractivity contribution in [2.75, 3.05) is 18.9 Å². The molecule has 96 valence electrons. The van der Waals surface area contributed by atoms with Gasteiger partial charge in [-0.2, -0.15) is 5.10 Å². The number of aryl methyl sites for hydroxylation is 1. The summed E-state index contributed by atoms with van der Waals surface area (Å²) in [5.41, 5.74) is 6.52. The van der Waals surface area contributed by atoms with Crippen LogP contribution in [0.5, 0.6) is 0 Å². The molecule has 0 fully saturated rings. The van der Waals surface area contributed by atoms with E-state index in [1.807, 2.05) is 20.8 Å². The van der Waals surface area contributed by atoms with Crippen molar-refractivity contribution in [1.82, 2.24) is 15.1 Å². The van der Waals surface area contributed by atoms with E-state index in [9.17, 15) is 4.79 Å². The Bertz CT molecular complexity index is 376. The van der Waals surface area contributed by atoms with Crippen molar-refractivity contribution in [1.29, 1.82) is 0 Å². The van der Waals surface area contributed by atoms with Crippen molar-refractivity contribution in [3.05, 3.63) is 11.9 Å². The fourth-order valence-electron chi connectivity index (χ4n) is 1.55. The van der Waals surface area contributed by atoms with Crippen molar-refractivity contribution >= 4 is 11.6 Å². The predicted molar refractivity (Wildman–Crippen MR) is 65.7 cm³/mol. The van der Waals surface area contributed by atoms with Crippen LogP contribution >= 0.6 is 0 Å². The van der Waals surface area contributed by atoms with Crippen LogP contribution in [0.2, 0.25) is 0 Å². The van der Waals surface area contributed by atoms with Crippen molar-refractivity contribution < 1.29 is 9.53 Å². The molecule has 1 rings (SSSR count). The first-order valence-corrected chi connectivity index (χ1v) is 5.81. The third-order valence-corrected chi connectivity index (χ3v) is 2.38. The first-order chi connectivity index (χ1) is 8.10. The largest absolute Gasteiger partial charge is 0.396 e. The van der Waals surface area contributed by atoms with E-state index >= 15 is 0 Å². The molecule has 6 heteroatoms. The highest BCUT2D eigenvalue weighted by Gasteiger charge is 2.16. The molecule has 0 aliphatic carbocycles. The molecule has 1 aromatic heterocycles. The zero-order chi connectivity index (χ0) is 12.8. The van der Waals surface area contributed by atoms with Crippen molar-refractivity contribution in [2.24, 2.45) is 0 Å². The number of anilines is 1. The van der Waals surface area contributed by atoms with E-state index in [0.29, 0.717) is 31.1 Å². The third kappa shape index (κ3) is 3.45. The van der Waals surface area contributed by atoms with E-state index in [-0.39, 0.29) is 12.0 Å². The van der Waals surface area contributed by atoms with Crippen LogP contribution in [0.25, 0.3) is 0 Å². The molecule has 1 amide bonds. The summed E-state index contributed by atoms with van der Waals surface area (Å²) in [6, 6.07) is 0. The minimum absolute atomic E-state index is 0.0110.